The van der Waals surface area contributed by atoms with Crippen LogP contribution >= 0.6 is 11.8 Å². The molecule has 6 heteroatoms. The van der Waals surface area contributed by atoms with Crippen molar-refractivity contribution in [2.75, 3.05) is 18.1 Å². The number of carboxylic acid groups (broad SMARTS) is 1. The van der Waals surface area contributed by atoms with E-state index < -0.39 is 12.0 Å². The van der Waals surface area contributed by atoms with Gasteiger partial charge in [0.25, 0.3) is 0 Å². The minimum atomic E-state index is -0.951. The highest BCUT2D eigenvalue weighted by molar-refractivity contribution is 7.99. The van der Waals surface area contributed by atoms with Crippen molar-refractivity contribution < 1.29 is 19.4 Å². The quantitative estimate of drug-likeness (QED) is 0.682. The number of carbonyl (C=O) groups excluding carboxylic acids is 1. The van der Waals surface area contributed by atoms with Crippen LogP contribution in [0.15, 0.2) is 0 Å². The molecule has 0 bridgehead atoms. The number of carbonyl (C=O) groups is 2. The lowest BCUT2D eigenvalue weighted by atomic mass is 10.1. The van der Waals surface area contributed by atoms with Crippen molar-refractivity contribution >= 4 is 23.6 Å². The molecule has 0 radical (unpaired) electrons. The number of ether oxygens (including phenoxy) is 1. The van der Waals surface area contributed by atoms with Gasteiger partial charge in [0.15, 0.2) is 0 Å². The first kappa shape index (κ1) is 17.3. The highest BCUT2D eigenvalue weighted by atomic mass is 32.2. The minimum Gasteiger partial charge on any atom is -0.480 e. The molecule has 1 unspecified atom stereocenters. The third-order valence-electron chi connectivity index (χ3n) is 3.29. The molecule has 1 amide bonds. The summed E-state index contributed by atoms with van der Waals surface area (Å²) < 4.78 is 5.59. The topological polar surface area (TPSA) is 75.6 Å². The second-order valence-corrected chi connectivity index (χ2v) is 6.13. The first-order chi connectivity index (χ1) is 9.63. The molecule has 2 atom stereocenters. The lowest BCUT2D eigenvalue weighted by molar-refractivity contribution is -0.141. The van der Waals surface area contributed by atoms with Crippen molar-refractivity contribution in [3.05, 3.63) is 0 Å². The fourth-order valence-electron chi connectivity index (χ4n) is 2.12. The fraction of sp³-hybridized carbons (Fsp3) is 0.857. The fourth-order valence-corrected chi connectivity index (χ4v) is 3.04. The SMILES string of the molecule is CCCC[C@H](NC(=O)CSCC1CCCCO1)C(=O)O. The third-order valence-corrected chi connectivity index (χ3v) is 4.36. The summed E-state index contributed by atoms with van der Waals surface area (Å²) in [5.74, 6) is -0.0442. The van der Waals surface area contributed by atoms with Crippen molar-refractivity contribution in [2.24, 2.45) is 0 Å². The molecular weight excluding hydrogens is 278 g/mol. The van der Waals surface area contributed by atoms with Gasteiger partial charge in [0.2, 0.25) is 5.91 Å². The van der Waals surface area contributed by atoms with Gasteiger partial charge in [0, 0.05) is 12.4 Å². The molecule has 0 aromatic heterocycles. The van der Waals surface area contributed by atoms with E-state index in [-0.39, 0.29) is 12.0 Å². The number of nitrogens with one attached hydrogen (secondary N) is 1. The van der Waals surface area contributed by atoms with E-state index in [0.29, 0.717) is 12.2 Å². The number of carboxylic acids is 1. The average molecular weight is 303 g/mol. The standard InChI is InChI=1S/C14H25NO4S/c1-2-3-7-12(14(17)18)15-13(16)10-20-9-11-6-4-5-8-19-11/h11-12H,2-10H2,1H3,(H,15,16)(H,17,18)/t11?,12-/m0/s1. The molecule has 0 aliphatic carbocycles. The summed E-state index contributed by atoms with van der Waals surface area (Å²) in [7, 11) is 0. The van der Waals surface area contributed by atoms with Gasteiger partial charge < -0.3 is 15.2 Å². The van der Waals surface area contributed by atoms with Gasteiger partial charge >= 0.3 is 5.97 Å². The molecule has 1 aliphatic rings. The van der Waals surface area contributed by atoms with Crippen LogP contribution in [0.25, 0.3) is 0 Å². The number of thioether (sulfide) groups is 1. The lowest BCUT2D eigenvalue weighted by Crippen LogP contribution is -2.41. The Balaban J connectivity index is 2.18. The highest BCUT2D eigenvalue weighted by Gasteiger charge is 2.19. The zero-order chi connectivity index (χ0) is 14.8. The highest BCUT2D eigenvalue weighted by Crippen LogP contribution is 2.17. The molecule has 1 saturated heterocycles. The molecule has 20 heavy (non-hydrogen) atoms. The van der Waals surface area contributed by atoms with Crippen LogP contribution in [0.5, 0.6) is 0 Å². The van der Waals surface area contributed by atoms with Crippen LogP contribution in [0.1, 0.15) is 45.4 Å². The van der Waals surface area contributed by atoms with Crippen LogP contribution in [-0.2, 0) is 14.3 Å². The zero-order valence-corrected chi connectivity index (χ0v) is 12.9. The van der Waals surface area contributed by atoms with Crippen LogP contribution in [-0.4, -0.2) is 47.2 Å². The summed E-state index contributed by atoms with van der Waals surface area (Å²) in [6, 6.07) is -0.756. The number of rotatable bonds is 9. The summed E-state index contributed by atoms with van der Waals surface area (Å²) in [6.07, 6.45) is 5.84. The van der Waals surface area contributed by atoms with Crippen LogP contribution in [0.3, 0.4) is 0 Å². The Kier molecular flexibility index (Phi) is 8.69. The maximum absolute atomic E-state index is 11.7. The average Bonchev–Trinajstić information content (AvgIpc) is 2.44. The number of unbranched alkanes of at least 4 members (excludes halogenated alkanes) is 1. The van der Waals surface area contributed by atoms with Crippen molar-refractivity contribution in [2.45, 2.75) is 57.6 Å². The predicted molar refractivity (Wildman–Crippen MR) is 80.0 cm³/mol. The largest absolute Gasteiger partial charge is 0.480 e. The molecule has 5 nitrogen and oxygen atoms in total. The second kappa shape index (κ2) is 10.0. The third kappa shape index (κ3) is 7.14. The summed E-state index contributed by atoms with van der Waals surface area (Å²) in [6.45, 7) is 2.82. The van der Waals surface area contributed by atoms with Crippen molar-refractivity contribution in [3.8, 4) is 0 Å². The summed E-state index contributed by atoms with van der Waals surface area (Å²) in [5, 5.41) is 11.6. The molecule has 0 aromatic rings. The molecule has 1 heterocycles. The Morgan fingerprint density at radius 1 is 1.45 bits per heavy atom. The molecule has 0 aromatic carbocycles. The Morgan fingerprint density at radius 2 is 2.25 bits per heavy atom. The Bertz CT molecular complexity index is 306. The Labute approximate surface area is 124 Å². The molecule has 2 N–H and O–H groups in total. The van der Waals surface area contributed by atoms with E-state index in [9.17, 15) is 9.59 Å². The first-order valence-electron chi connectivity index (χ1n) is 7.35. The van der Waals surface area contributed by atoms with E-state index in [1.165, 1.54) is 18.2 Å². The summed E-state index contributed by atoms with van der Waals surface area (Å²) >= 11 is 1.52. The number of hydrogen-bond donors (Lipinski definition) is 2. The maximum atomic E-state index is 11.7. The van der Waals surface area contributed by atoms with Crippen molar-refractivity contribution in [1.29, 1.82) is 0 Å². The van der Waals surface area contributed by atoms with E-state index in [2.05, 4.69) is 5.32 Å². The van der Waals surface area contributed by atoms with Gasteiger partial charge in [-0.1, -0.05) is 19.8 Å². The minimum absolute atomic E-state index is 0.200. The van der Waals surface area contributed by atoms with Gasteiger partial charge in [-0.2, -0.15) is 0 Å². The molecule has 0 spiro atoms. The van der Waals surface area contributed by atoms with Gasteiger partial charge in [-0.15, -0.1) is 11.8 Å². The maximum Gasteiger partial charge on any atom is 0.326 e. The molecule has 1 aliphatic heterocycles. The number of hydrogen-bond acceptors (Lipinski definition) is 4. The van der Waals surface area contributed by atoms with E-state index in [1.807, 2.05) is 6.92 Å². The van der Waals surface area contributed by atoms with Crippen LogP contribution in [0.4, 0.5) is 0 Å². The molecule has 116 valence electrons. The second-order valence-electron chi connectivity index (χ2n) is 5.10. The molecular formula is C14H25NO4S. The van der Waals surface area contributed by atoms with Gasteiger partial charge in [0.05, 0.1) is 11.9 Å². The first-order valence-corrected chi connectivity index (χ1v) is 8.50. The Morgan fingerprint density at radius 3 is 2.85 bits per heavy atom. The van der Waals surface area contributed by atoms with E-state index in [4.69, 9.17) is 9.84 Å². The zero-order valence-electron chi connectivity index (χ0n) is 12.1. The monoisotopic (exact) mass is 303 g/mol. The summed E-state index contributed by atoms with van der Waals surface area (Å²) in [4.78, 5) is 22.7. The number of amides is 1. The smallest absolute Gasteiger partial charge is 0.326 e. The van der Waals surface area contributed by atoms with Gasteiger partial charge in [0.1, 0.15) is 6.04 Å². The van der Waals surface area contributed by atoms with Gasteiger partial charge in [-0.05, 0) is 25.7 Å². The van der Waals surface area contributed by atoms with E-state index >= 15 is 0 Å². The molecule has 1 fully saturated rings. The summed E-state index contributed by atoms with van der Waals surface area (Å²) in [5.41, 5.74) is 0. The van der Waals surface area contributed by atoms with Gasteiger partial charge in [-0.25, -0.2) is 4.79 Å². The van der Waals surface area contributed by atoms with E-state index in [1.54, 1.807) is 0 Å². The van der Waals surface area contributed by atoms with Gasteiger partial charge in [-0.3, -0.25) is 4.79 Å². The molecule has 1 rings (SSSR count). The van der Waals surface area contributed by atoms with Crippen LogP contribution in [0.2, 0.25) is 0 Å². The normalized spacial score (nSPS) is 20.4. The van der Waals surface area contributed by atoms with Crippen molar-refractivity contribution in [3.63, 3.8) is 0 Å². The van der Waals surface area contributed by atoms with Crippen LogP contribution < -0.4 is 5.32 Å². The lowest BCUT2D eigenvalue weighted by Gasteiger charge is -2.22. The van der Waals surface area contributed by atoms with E-state index in [0.717, 1.165) is 38.0 Å². The van der Waals surface area contributed by atoms with Crippen LogP contribution in [0, 0.1) is 0 Å². The number of aliphatic carboxylic acids is 1. The predicted octanol–water partition coefficient (Wildman–Crippen LogP) is 2.05. The Hall–Kier alpha value is -0.750. The molecule has 0 saturated carbocycles. The van der Waals surface area contributed by atoms with Crippen molar-refractivity contribution in [1.82, 2.24) is 5.32 Å².